The zero-order chi connectivity index (χ0) is 17.2. The minimum atomic E-state index is -1.76. The Kier molecular flexibility index (Phi) is 4.25. The van der Waals surface area contributed by atoms with Crippen LogP contribution >= 0.6 is 0 Å². The molecule has 2 atom stereocenters. The van der Waals surface area contributed by atoms with Gasteiger partial charge >= 0.3 is 5.97 Å². The van der Waals surface area contributed by atoms with E-state index in [2.05, 4.69) is 5.32 Å². The van der Waals surface area contributed by atoms with Crippen LogP contribution in [0.2, 0.25) is 0 Å². The Morgan fingerprint density at radius 3 is 2.46 bits per heavy atom. The summed E-state index contributed by atoms with van der Waals surface area (Å²) >= 11 is 0. The van der Waals surface area contributed by atoms with Crippen molar-refractivity contribution in [2.45, 2.75) is 25.5 Å². The van der Waals surface area contributed by atoms with Gasteiger partial charge in [-0.2, -0.15) is 0 Å². The van der Waals surface area contributed by atoms with E-state index in [-0.39, 0.29) is 6.61 Å². The van der Waals surface area contributed by atoms with E-state index in [1.165, 1.54) is 6.92 Å². The maximum atomic E-state index is 12.7. The number of anilines is 1. The molecule has 0 radical (unpaired) electrons. The van der Waals surface area contributed by atoms with E-state index in [1.807, 2.05) is 42.5 Å². The number of fused-ring (bicyclic) bond motifs is 1. The molecule has 1 aliphatic rings. The summed E-state index contributed by atoms with van der Waals surface area (Å²) in [5.41, 5.74) is -0.256. The fourth-order valence-electron chi connectivity index (χ4n) is 2.94. The topological polar surface area (TPSA) is 64.6 Å². The predicted molar refractivity (Wildman–Crippen MR) is 89.9 cm³/mol. The first kappa shape index (κ1) is 16.1. The lowest BCUT2D eigenvalue weighted by atomic mass is 9.83. The number of esters is 1. The molecule has 2 aromatic carbocycles. The fourth-order valence-corrected chi connectivity index (χ4v) is 2.94. The first-order chi connectivity index (χ1) is 11.6. The number of carbonyl (C=O) groups excluding carboxylic acids is 2. The van der Waals surface area contributed by atoms with E-state index in [1.54, 1.807) is 19.1 Å². The van der Waals surface area contributed by atoms with Gasteiger partial charge in [-0.15, -0.1) is 0 Å². The number of para-hydroxylation sites is 2. The molecule has 0 saturated heterocycles. The SMILES string of the molecule is CCOC(=O)[C@@]1(C(C)=O)Oc2ccccc2N[C@@H]1c1ccccc1. The molecule has 5 nitrogen and oxygen atoms in total. The molecule has 3 rings (SSSR count). The smallest absolute Gasteiger partial charge is 0.361 e. The summed E-state index contributed by atoms with van der Waals surface area (Å²) in [6.45, 7) is 3.22. The predicted octanol–water partition coefficient (Wildman–Crippen LogP) is 3.12. The first-order valence-corrected chi connectivity index (χ1v) is 7.87. The molecule has 0 aliphatic carbocycles. The molecule has 0 spiro atoms. The van der Waals surface area contributed by atoms with Crippen molar-refractivity contribution < 1.29 is 19.1 Å². The van der Waals surface area contributed by atoms with Crippen LogP contribution in [-0.4, -0.2) is 24.0 Å². The maximum Gasteiger partial charge on any atom is 0.361 e. The van der Waals surface area contributed by atoms with Crippen LogP contribution in [0, 0.1) is 0 Å². The average molecular weight is 325 g/mol. The second-order valence-corrected chi connectivity index (χ2v) is 5.60. The zero-order valence-corrected chi connectivity index (χ0v) is 13.6. The summed E-state index contributed by atoms with van der Waals surface area (Å²) in [7, 11) is 0. The van der Waals surface area contributed by atoms with Gasteiger partial charge in [-0.1, -0.05) is 42.5 Å². The van der Waals surface area contributed by atoms with Gasteiger partial charge in [0.1, 0.15) is 11.8 Å². The number of Topliss-reactive ketones (excluding diaryl/α,β-unsaturated/α-hetero) is 1. The Morgan fingerprint density at radius 1 is 1.12 bits per heavy atom. The summed E-state index contributed by atoms with van der Waals surface area (Å²) in [4.78, 5) is 25.3. The lowest BCUT2D eigenvalue weighted by molar-refractivity contribution is -0.168. The van der Waals surface area contributed by atoms with Gasteiger partial charge in [-0.05, 0) is 31.5 Å². The van der Waals surface area contributed by atoms with E-state index >= 15 is 0 Å². The molecule has 5 heteroatoms. The van der Waals surface area contributed by atoms with E-state index < -0.39 is 23.4 Å². The van der Waals surface area contributed by atoms with Crippen LogP contribution in [0.15, 0.2) is 54.6 Å². The van der Waals surface area contributed by atoms with E-state index in [4.69, 9.17) is 9.47 Å². The minimum absolute atomic E-state index is 0.167. The van der Waals surface area contributed by atoms with Crippen molar-refractivity contribution in [3.8, 4) is 5.75 Å². The monoisotopic (exact) mass is 325 g/mol. The molecule has 1 heterocycles. The van der Waals surface area contributed by atoms with Crippen molar-refractivity contribution in [1.82, 2.24) is 0 Å². The number of ether oxygens (including phenoxy) is 2. The molecule has 1 aliphatic heterocycles. The molecule has 0 amide bonds. The number of hydrogen-bond acceptors (Lipinski definition) is 5. The van der Waals surface area contributed by atoms with Crippen molar-refractivity contribution in [2.24, 2.45) is 0 Å². The van der Waals surface area contributed by atoms with Crippen molar-refractivity contribution in [3.05, 3.63) is 60.2 Å². The summed E-state index contributed by atoms with van der Waals surface area (Å²) in [6.07, 6.45) is 0. The number of carbonyl (C=O) groups is 2. The van der Waals surface area contributed by atoms with Crippen LogP contribution in [0.25, 0.3) is 0 Å². The number of rotatable bonds is 4. The van der Waals surface area contributed by atoms with Gasteiger partial charge in [0.2, 0.25) is 0 Å². The van der Waals surface area contributed by atoms with Crippen LogP contribution < -0.4 is 10.1 Å². The van der Waals surface area contributed by atoms with Gasteiger partial charge in [0.15, 0.2) is 5.78 Å². The summed E-state index contributed by atoms with van der Waals surface area (Å²) in [5.74, 6) is -0.641. The second kappa shape index (κ2) is 6.35. The Hall–Kier alpha value is -2.82. The number of benzene rings is 2. The lowest BCUT2D eigenvalue weighted by Gasteiger charge is -2.41. The van der Waals surface area contributed by atoms with Crippen LogP contribution in [0.4, 0.5) is 5.69 Å². The maximum absolute atomic E-state index is 12.7. The summed E-state index contributed by atoms with van der Waals surface area (Å²) in [6, 6.07) is 15.8. The van der Waals surface area contributed by atoms with Gasteiger partial charge in [0, 0.05) is 0 Å². The van der Waals surface area contributed by atoms with Gasteiger partial charge in [-0.3, -0.25) is 4.79 Å². The van der Waals surface area contributed by atoms with Crippen molar-refractivity contribution in [2.75, 3.05) is 11.9 Å². The molecule has 0 bridgehead atoms. The highest BCUT2D eigenvalue weighted by Crippen LogP contribution is 2.43. The third-order valence-electron chi connectivity index (χ3n) is 4.10. The van der Waals surface area contributed by atoms with Crippen LogP contribution in [0.1, 0.15) is 25.5 Å². The minimum Gasteiger partial charge on any atom is -0.463 e. The van der Waals surface area contributed by atoms with E-state index in [9.17, 15) is 9.59 Å². The summed E-state index contributed by atoms with van der Waals surface area (Å²) in [5, 5.41) is 3.28. The van der Waals surface area contributed by atoms with Gasteiger partial charge in [0.25, 0.3) is 5.60 Å². The highest BCUT2D eigenvalue weighted by atomic mass is 16.6. The first-order valence-electron chi connectivity index (χ1n) is 7.87. The molecule has 0 unspecified atom stereocenters. The Morgan fingerprint density at radius 2 is 1.79 bits per heavy atom. The fraction of sp³-hybridized carbons (Fsp3) is 0.263. The highest BCUT2D eigenvalue weighted by Gasteiger charge is 2.57. The molecule has 0 saturated carbocycles. The molecule has 24 heavy (non-hydrogen) atoms. The second-order valence-electron chi connectivity index (χ2n) is 5.60. The highest BCUT2D eigenvalue weighted by molar-refractivity contribution is 6.08. The normalized spacial score (nSPS) is 21.8. The third-order valence-corrected chi connectivity index (χ3v) is 4.10. The van der Waals surface area contributed by atoms with Crippen LogP contribution in [-0.2, 0) is 14.3 Å². The standard InChI is InChI=1S/C19H19NO4/c1-3-23-18(22)19(13(2)21)17(14-9-5-4-6-10-14)20-15-11-7-8-12-16(15)24-19/h4-12,17,20H,3H2,1-2H3/t17-,19+/m1/s1. The molecular formula is C19H19NO4. The number of nitrogens with one attached hydrogen (secondary N) is 1. The average Bonchev–Trinajstić information content (AvgIpc) is 2.61. The molecule has 0 aromatic heterocycles. The van der Waals surface area contributed by atoms with Crippen molar-refractivity contribution in [1.29, 1.82) is 0 Å². The van der Waals surface area contributed by atoms with Gasteiger partial charge in [-0.25, -0.2) is 4.79 Å². The third kappa shape index (κ3) is 2.52. The van der Waals surface area contributed by atoms with E-state index in [0.717, 1.165) is 11.3 Å². The molecule has 124 valence electrons. The Bertz CT molecular complexity index is 759. The van der Waals surface area contributed by atoms with Crippen molar-refractivity contribution >= 4 is 17.4 Å². The molecule has 1 N–H and O–H groups in total. The molecule has 0 fully saturated rings. The van der Waals surface area contributed by atoms with Gasteiger partial charge < -0.3 is 14.8 Å². The lowest BCUT2D eigenvalue weighted by Crippen LogP contribution is -2.60. The number of ketones is 1. The molecular weight excluding hydrogens is 306 g/mol. The van der Waals surface area contributed by atoms with Crippen LogP contribution in [0.3, 0.4) is 0 Å². The zero-order valence-electron chi connectivity index (χ0n) is 13.6. The summed E-state index contributed by atoms with van der Waals surface area (Å²) < 4.78 is 11.2. The Balaban J connectivity index is 2.18. The Labute approximate surface area is 140 Å². The van der Waals surface area contributed by atoms with Crippen LogP contribution in [0.5, 0.6) is 5.75 Å². The number of hydrogen-bond donors (Lipinski definition) is 1. The quantitative estimate of drug-likeness (QED) is 0.691. The van der Waals surface area contributed by atoms with Crippen molar-refractivity contribution in [3.63, 3.8) is 0 Å². The largest absolute Gasteiger partial charge is 0.463 e. The molecule has 2 aromatic rings. The van der Waals surface area contributed by atoms with Gasteiger partial charge in [0.05, 0.1) is 12.3 Å². The van der Waals surface area contributed by atoms with E-state index in [0.29, 0.717) is 5.75 Å².